The number of nitrogens with zero attached hydrogens (tertiary/aromatic N) is 1. The smallest absolute Gasteiger partial charge is 0.330 e. The molecule has 3 rings (SSSR count). The maximum absolute atomic E-state index is 13.0. The molecular weight excluding hydrogens is 255 g/mol. The normalized spacial score (nSPS) is 37.9. The predicted molar refractivity (Wildman–Crippen MR) is 64.3 cm³/mol. The van der Waals surface area contributed by atoms with Crippen LogP contribution in [0.15, 0.2) is 12.2 Å². The van der Waals surface area contributed by atoms with E-state index in [1.54, 1.807) is 0 Å². The summed E-state index contributed by atoms with van der Waals surface area (Å²) in [6.45, 7) is 0.264. The Bertz CT molecular complexity index is 404. The maximum atomic E-state index is 13.0. The van der Waals surface area contributed by atoms with Crippen LogP contribution < -0.4 is 0 Å². The fourth-order valence-corrected chi connectivity index (χ4v) is 3.81. The highest BCUT2D eigenvalue weighted by atomic mass is 19.4. The first-order chi connectivity index (χ1) is 8.97. The topological polar surface area (TPSA) is 20.3 Å². The van der Waals surface area contributed by atoms with E-state index in [4.69, 9.17) is 0 Å². The van der Waals surface area contributed by atoms with Crippen molar-refractivity contribution in [1.29, 1.82) is 0 Å². The average molecular weight is 273 g/mol. The van der Waals surface area contributed by atoms with Gasteiger partial charge in [0.25, 0.3) is 0 Å². The fourth-order valence-electron chi connectivity index (χ4n) is 3.81. The minimum Gasteiger partial charge on any atom is -0.330 e. The lowest BCUT2D eigenvalue weighted by Crippen LogP contribution is -2.53. The summed E-state index contributed by atoms with van der Waals surface area (Å²) >= 11 is 0. The monoisotopic (exact) mass is 273 g/mol. The zero-order chi connectivity index (χ0) is 13.6. The third-order valence-electron chi connectivity index (χ3n) is 4.76. The first-order valence-corrected chi connectivity index (χ1v) is 7.02. The number of carbonyl (C=O) groups is 1. The van der Waals surface area contributed by atoms with E-state index in [0.717, 1.165) is 17.7 Å². The predicted octanol–water partition coefficient (Wildman–Crippen LogP) is 3.14. The summed E-state index contributed by atoms with van der Waals surface area (Å²) in [7, 11) is 0. The zero-order valence-electron chi connectivity index (χ0n) is 10.7. The summed E-state index contributed by atoms with van der Waals surface area (Å²) in [6.07, 6.45) is 2.83. The Morgan fingerprint density at radius 1 is 1.16 bits per heavy atom. The molecule has 3 aliphatic rings. The third-order valence-corrected chi connectivity index (χ3v) is 4.76. The molecule has 2 nitrogen and oxygen atoms in total. The number of hydrogen-bond donors (Lipinski definition) is 0. The Morgan fingerprint density at radius 3 is 2.53 bits per heavy atom. The highest BCUT2D eigenvalue weighted by molar-refractivity contribution is 5.80. The molecule has 19 heavy (non-hydrogen) atoms. The molecule has 1 heterocycles. The summed E-state index contributed by atoms with van der Waals surface area (Å²) in [5.41, 5.74) is 0. The van der Waals surface area contributed by atoms with Gasteiger partial charge in [-0.15, -0.1) is 0 Å². The lowest BCUT2D eigenvalue weighted by Gasteiger charge is -2.39. The maximum Gasteiger partial charge on any atom is 0.408 e. The van der Waals surface area contributed by atoms with Crippen LogP contribution in [0.4, 0.5) is 13.2 Å². The number of piperidine rings is 1. The Hall–Kier alpha value is -1.00. The summed E-state index contributed by atoms with van der Waals surface area (Å²) in [5, 5.41) is 0. The number of alkyl halides is 3. The standard InChI is InChI=1S/C14H18F3NO/c15-14(16,17)12-3-1-2-6-18(12)13(19)11-8-9-4-5-10(11)7-9/h4-5,9-12H,1-3,6-8H2. The number of allylic oxidation sites excluding steroid dienone is 2. The van der Waals surface area contributed by atoms with Crippen molar-refractivity contribution in [2.45, 2.75) is 44.3 Å². The van der Waals surface area contributed by atoms with Gasteiger partial charge in [-0.2, -0.15) is 13.2 Å². The molecule has 0 aromatic rings. The molecule has 1 saturated heterocycles. The molecule has 106 valence electrons. The molecule has 4 unspecified atom stereocenters. The van der Waals surface area contributed by atoms with E-state index >= 15 is 0 Å². The van der Waals surface area contributed by atoms with Crippen molar-refractivity contribution in [2.24, 2.45) is 17.8 Å². The van der Waals surface area contributed by atoms with Crippen LogP contribution in [0.25, 0.3) is 0 Å². The second-order valence-electron chi connectivity index (χ2n) is 5.97. The van der Waals surface area contributed by atoms with Crippen LogP contribution in [-0.4, -0.2) is 29.6 Å². The van der Waals surface area contributed by atoms with Crippen LogP contribution in [0.5, 0.6) is 0 Å². The second kappa shape index (κ2) is 4.53. The Morgan fingerprint density at radius 2 is 1.95 bits per heavy atom. The van der Waals surface area contributed by atoms with Crippen LogP contribution in [0.3, 0.4) is 0 Å². The van der Waals surface area contributed by atoms with Crippen molar-refractivity contribution < 1.29 is 18.0 Å². The molecule has 2 bridgehead atoms. The van der Waals surface area contributed by atoms with Gasteiger partial charge in [0.1, 0.15) is 6.04 Å². The van der Waals surface area contributed by atoms with Crippen molar-refractivity contribution in [3.8, 4) is 0 Å². The molecule has 0 aromatic heterocycles. The minimum absolute atomic E-state index is 0.0614. The van der Waals surface area contributed by atoms with Gasteiger partial charge in [-0.3, -0.25) is 4.79 Å². The summed E-state index contributed by atoms with van der Waals surface area (Å²) < 4.78 is 39.1. The van der Waals surface area contributed by atoms with Gasteiger partial charge in [-0.25, -0.2) is 0 Å². The van der Waals surface area contributed by atoms with Crippen molar-refractivity contribution in [3.63, 3.8) is 0 Å². The van der Waals surface area contributed by atoms with Gasteiger partial charge in [-0.05, 0) is 43.9 Å². The Kier molecular flexibility index (Phi) is 3.10. The number of amides is 1. The first-order valence-electron chi connectivity index (χ1n) is 7.02. The van der Waals surface area contributed by atoms with Crippen LogP contribution in [0, 0.1) is 17.8 Å². The van der Waals surface area contributed by atoms with Crippen molar-refractivity contribution in [1.82, 2.24) is 4.90 Å². The fraction of sp³-hybridized carbons (Fsp3) is 0.786. The second-order valence-corrected chi connectivity index (χ2v) is 5.97. The van der Waals surface area contributed by atoms with Gasteiger partial charge in [0.05, 0.1) is 0 Å². The summed E-state index contributed by atoms with van der Waals surface area (Å²) in [5.74, 6) is 0.109. The summed E-state index contributed by atoms with van der Waals surface area (Å²) in [6, 6.07) is -1.56. The van der Waals surface area contributed by atoms with Crippen LogP contribution in [-0.2, 0) is 4.79 Å². The third kappa shape index (κ3) is 2.28. The molecule has 2 fully saturated rings. The summed E-state index contributed by atoms with van der Waals surface area (Å²) in [4.78, 5) is 13.6. The van der Waals surface area contributed by atoms with E-state index in [9.17, 15) is 18.0 Å². The molecule has 1 amide bonds. The van der Waals surface area contributed by atoms with Crippen LogP contribution in [0.1, 0.15) is 32.1 Å². The van der Waals surface area contributed by atoms with E-state index in [1.807, 2.05) is 6.08 Å². The van der Waals surface area contributed by atoms with E-state index in [-0.39, 0.29) is 30.7 Å². The lowest BCUT2D eigenvalue weighted by molar-refractivity contribution is -0.198. The van der Waals surface area contributed by atoms with Gasteiger partial charge < -0.3 is 4.90 Å². The largest absolute Gasteiger partial charge is 0.408 e. The Balaban J connectivity index is 1.76. The molecule has 4 atom stereocenters. The number of hydrogen-bond acceptors (Lipinski definition) is 1. The Labute approximate surface area is 110 Å². The van der Waals surface area contributed by atoms with Gasteiger partial charge >= 0.3 is 6.18 Å². The van der Waals surface area contributed by atoms with Gasteiger partial charge in [0.15, 0.2) is 0 Å². The molecule has 0 aromatic carbocycles. The van der Waals surface area contributed by atoms with Gasteiger partial charge in [0.2, 0.25) is 5.91 Å². The first kappa shape index (κ1) is 13.0. The van der Waals surface area contributed by atoms with E-state index in [2.05, 4.69) is 6.08 Å². The molecular formula is C14H18F3NO. The lowest BCUT2D eigenvalue weighted by atomic mass is 9.90. The van der Waals surface area contributed by atoms with Crippen molar-refractivity contribution >= 4 is 5.91 Å². The van der Waals surface area contributed by atoms with Crippen LogP contribution >= 0.6 is 0 Å². The van der Waals surface area contributed by atoms with Crippen molar-refractivity contribution in [3.05, 3.63) is 12.2 Å². The number of carbonyl (C=O) groups excluding carboxylic acids is 1. The molecule has 0 N–H and O–H groups in total. The molecule has 0 spiro atoms. The van der Waals surface area contributed by atoms with Crippen LogP contribution in [0.2, 0.25) is 0 Å². The molecule has 1 saturated carbocycles. The number of fused-ring (bicyclic) bond motifs is 2. The number of halogens is 3. The van der Waals surface area contributed by atoms with E-state index in [0.29, 0.717) is 18.8 Å². The van der Waals surface area contributed by atoms with E-state index < -0.39 is 12.2 Å². The number of rotatable bonds is 1. The highest BCUT2D eigenvalue weighted by Crippen LogP contribution is 2.45. The number of likely N-dealkylation sites (tertiary alicyclic amines) is 1. The molecule has 0 radical (unpaired) electrons. The molecule has 1 aliphatic heterocycles. The molecule has 5 heteroatoms. The highest BCUT2D eigenvalue weighted by Gasteiger charge is 2.49. The zero-order valence-corrected chi connectivity index (χ0v) is 10.7. The average Bonchev–Trinajstić information content (AvgIpc) is 2.99. The quantitative estimate of drug-likeness (QED) is 0.672. The van der Waals surface area contributed by atoms with Crippen molar-refractivity contribution in [2.75, 3.05) is 6.54 Å². The SMILES string of the molecule is O=C(C1CC2C=CC1C2)N1CCCCC1C(F)(F)F. The van der Waals surface area contributed by atoms with E-state index in [1.165, 1.54) is 0 Å². The minimum atomic E-state index is -4.29. The molecule has 2 aliphatic carbocycles. The van der Waals surface area contributed by atoms with Gasteiger partial charge in [-0.1, -0.05) is 12.2 Å². The van der Waals surface area contributed by atoms with Gasteiger partial charge in [0, 0.05) is 12.5 Å².